The van der Waals surface area contributed by atoms with Gasteiger partial charge in [0.25, 0.3) is 17.4 Å². The van der Waals surface area contributed by atoms with Crippen LogP contribution in [0.4, 0.5) is 10.2 Å². The van der Waals surface area contributed by atoms with Crippen molar-refractivity contribution in [3.8, 4) is 11.4 Å². The molecule has 0 radical (unpaired) electrons. The molecule has 26 heavy (non-hydrogen) atoms. The number of fused-ring (bicyclic) bond motifs is 1. The standard InChI is InChI=1S/C17H16FN3O5/c1-25-5-2-6-26-12-4-3-9(7-11(12)18)21-13(22)8-10-14(15(21)19)17(24)20-16(10)23/h3-4,7-8H,2,5-6,19H2,1H3,(H,20,23,24). The number of anilines is 1. The molecule has 0 saturated carbocycles. The Bertz CT molecular complexity index is 954. The van der Waals surface area contributed by atoms with Crippen LogP contribution in [0.1, 0.15) is 27.1 Å². The fourth-order valence-corrected chi connectivity index (χ4v) is 2.68. The molecule has 0 fully saturated rings. The highest BCUT2D eigenvalue weighted by Gasteiger charge is 2.31. The molecule has 9 heteroatoms. The maximum atomic E-state index is 14.3. The minimum atomic E-state index is -0.699. The second-order valence-electron chi connectivity index (χ2n) is 5.58. The van der Waals surface area contributed by atoms with Crippen LogP contribution in [0.25, 0.3) is 5.69 Å². The van der Waals surface area contributed by atoms with Gasteiger partial charge in [-0.05, 0) is 12.1 Å². The average Bonchev–Trinajstić information content (AvgIpc) is 2.87. The lowest BCUT2D eigenvalue weighted by Gasteiger charge is -2.13. The predicted molar refractivity (Wildman–Crippen MR) is 90.2 cm³/mol. The minimum absolute atomic E-state index is 0.0190. The highest BCUT2D eigenvalue weighted by atomic mass is 19.1. The number of nitrogens with one attached hydrogen (secondary N) is 1. The van der Waals surface area contributed by atoms with Crippen LogP contribution in [0.5, 0.6) is 5.75 Å². The van der Waals surface area contributed by atoms with Gasteiger partial charge in [-0.15, -0.1) is 0 Å². The number of amides is 2. The number of hydrogen-bond donors (Lipinski definition) is 2. The van der Waals surface area contributed by atoms with E-state index in [1.165, 1.54) is 12.1 Å². The maximum Gasteiger partial charge on any atom is 0.262 e. The Kier molecular flexibility index (Phi) is 4.72. The Hall–Kier alpha value is -3.20. The molecular formula is C17H16FN3O5. The zero-order valence-electron chi connectivity index (χ0n) is 13.9. The zero-order valence-corrected chi connectivity index (χ0v) is 13.9. The number of nitrogens with two attached hydrogens (primary N) is 1. The van der Waals surface area contributed by atoms with Crippen LogP contribution in [0.15, 0.2) is 29.1 Å². The summed E-state index contributed by atoms with van der Waals surface area (Å²) in [5.41, 5.74) is 5.17. The van der Waals surface area contributed by atoms with Crippen molar-refractivity contribution in [2.45, 2.75) is 6.42 Å². The molecule has 0 unspecified atom stereocenters. The summed E-state index contributed by atoms with van der Waals surface area (Å²) in [5.74, 6) is -2.29. The molecule has 1 aliphatic rings. The zero-order chi connectivity index (χ0) is 18.8. The molecule has 0 saturated heterocycles. The molecule has 0 aliphatic carbocycles. The van der Waals surface area contributed by atoms with Crippen molar-refractivity contribution >= 4 is 17.6 Å². The maximum absolute atomic E-state index is 14.3. The van der Waals surface area contributed by atoms with Gasteiger partial charge in [-0.2, -0.15) is 0 Å². The summed E-state index contributed by atoms with van der Waals surface area (Å²) < 4.78 is 25.4. The number of ether oxygens (including phenoxy) is 2. The van der Waals surface area contributed by atoms with E-state index in [2.05, 4.69) is 5.32 Å². The molecule has 0 atom stereocenters. The molecule has 1 aromatic carbocycles. The lowest BCUT2D eigenvalue weighted by atomic mass is 10.1. The van der Waals surface area contributed by atoms with Crippen molar-refractivity contribution in [1.29, 1.82) is 0 Å². The largest absolute Gasteiger partial charge is 0.490 e. The molecule has 0 spiro atoms. The van der Waals surface area contributed by atoms with Crippen molar-refractivity contribution in [3.05, 3.63) is 51.6 Å². The Morgan fingerprint density at radius 3 is 2.62 bits per heavy atom. The van der Waals surface area contributed by atoms with Crippen LogP contribution in [0, 0.1) is 5.82 Å². The van der Waals surface area contributed by atoms with Gasteiger partial charge in [0, 0.05) is 32.3 Å². The first-order valence-electron chi connectivity index (χ1n) is 7.77. The van der Waals surface area contributed by atoms with E-state index >= 15 is 0 Å². The third kappa shape index (κ3) is 3.04. The van der Waals surface area contributed by atoms with E-state index < -0.39 is 23.2 Å². The molecule has 0 bridgehead atoms. The minimum Gasteiger partial charge on any atom is -0.490 e. The molecule has 2 amide bonds. The van der Waals surface area contributed by atoms with Crippen molar-refractivity contribution in [2.75, 3.05) is 26.1 Å². The average molecular weight is 361 g/mol. The lowest BCUT2D eigenvalue weighted by molar-refractivity contribution is 0.0880. The van der Waals surface area contributed by atoms with E-state index in [4.69, 9.17) is 15.2 Å². The first kappa shape index (κ1) is 17.6. The molecule has 2 heterocycles. The first-order valence-corrected chi connectivity index (χ1v) is 7.77. The lowest BCUT2D eigenvalue weighted by Crippen LogP contribution is -2.24. The van der Waals surface area contributed by atoms with Crippen molar-refractivity contribution in [1.82, 2.24) is 9.88 Å². The summed E-state index contributed by atoms with van der Waals surface area (Å²) in [4.78, 5) is 35.8. The van der Waals surface area contributed by atoms with E-state index in [0.717, 1.165) is 16.7 Å². The fourth-order valence-electron chi connectivity index (χ4n) is 2.68. The van der Waals surface area contributed by atoms with Gasteiger partial charge in [0.2, 0.25) is 0 Å². The van der Waals surface area contributed by atoms with Gasteiger partial charge in [-0.25, -0.2) is 4.39 Å². The number of benzene rings is 1. The van der Waals surface area contributed by atoms with E-state index in [1.807, 2.05) is 0 Å². The van der Waals surface area contributed by atoms with Gasteiger partial charge in [-0.1, -0.05) is 0 Å². The Labute approximate surface area is 147 Å². The number of carbonyl (C=O) groups excluding carboxylic acids is 2. The normalized spacial score (nSPS) is 12.8. The summed E-state index contributed by atoms with van der Waals surface area (Å²) in [6.45, 7) is 0.759. The van der Waals surface area contributed by atoms with Crippen LogP contribution in [-0.2, 0) is 4.74 Å². The summed E-state index contributed by atoms with van der Waals surface area (Å²) >= 11 is 0. The number of methoxy groups -OCH3 is 1. The summed E-state index contributed by atoms with van der Waals surface area (Å²) in [5, 5.41) is 2.07. The Morgan fingerprint density at radius 1 is 1.15 bits per heavy atom. The predicted octanol–water partition coefficient (Wildman–Crippen LogP) is 0.858. The fraction of sp³-hybridized carbons (Fsp3) is 0.235. The molecule has 1 aromatic heterocycles. The summed E-state index contributed by atoms with van der Waals surface area (Å²) in [6, 6.07) is 4.87. The van der Waals surface area contributed by atoms with Crippen LogP contribution in [0.2, 0.25) is 0 Å². The molecule has 136 valence electrons. The number of pyridine rings is 1. The van der Waals surface area contributed by atoms with E-state index in [9.17, 15) is 18.8 Å². The third-order valence-electron chi connectivity index (χ3n) is 3.88. The molecular weight excluding hydrogens is 345 g/mol. The number of nitrogens with zero attached hydrogens (tertiary/aromatic N) is 1. The molecule has 2 aromatic rings. The quantitative estimate of drug-likeness (QED) is 0.583. The number of hydrogen-bond acceptors (Lipinski definition) is 6. The van der Waals surface area contributed by atoms with Gasteiger partial charge in [0.1, 0.15) is 5.82 Å². The van der Waals surface area contributed by atoms with Gasteiger partial charge in [0.15, 0.2) is 11.6 Å². The highest BCUT2D eigenvalue weighted by Crippen LogP contribution is 2.25. The smallest absolute Gasteiger partial charge is 0.262 e. The van der Waals surface area contributed by atoms with E-state index in [0.29, 0.717) is 13.0 Å². The monoisotopic (exact) mass is 361 g/mol. The molecule has 1 aliphatic heterocycles. The second-order valence-corrected chi connectivity index (χ2v) is 5.58. The number of carbonyl (C=O) groups is 2. The van der Waals surface area contributed by atoms with Crippen LogP contribution < -0.4 is 21.3 Å². The number of nitrogen functional groups attached to an aromatic ring is 1. The van der Waals surface area contributed by atoms with Crippen molar-refractivity contribution < 1.29 is 23.5 Å². The van der Waals surface area contributed by atoms with Crippen LogP contribution in [0.3, 0.4) is 0 Å². The van der Waals surface area contributed by atoms with Crippen molar-refractivity contribution in [3.63, 3.8) is 0 Å². The van der Waals surface area contributed by atoms with E-state index in [1.54, 1.807) is 7.11 Å². The highest BCUT2D eigenvalue weighted by molar-refractivity contribution is 6.23. The van der Waals surface area contributed by atoms with Gasteiger partial charge < -0.3 is 15.2 Å². The number of aromatic nitrogens is 1. The van der Waals surface area contributed by atoms with Gasteiger partial charge in [-0.3, -0.25) is 24.3 Å². The van der Waals surface area contributed by atoms with Crippen LogP contribution in [-0.4, -0.2) is 36.7 Å². The first-order chi connectivity index (χ1) is 12.4. The summed E-state index contributed by atoms with van der Waals surface area (Å²) in [7, 11) is 1.56. The number of imide groups is 1. The SMILES string of the molecule is COCCCOc1ccc(-n2c(N)c3c(cc2=O)C(=O)NC3=O)cc1F. The van der Waals surface area contributed by atoms with Gasteiger partial charge in [0.05, 0.1) is 23.4 Å². The van der Waals surface area contributed by atoms with Crippen molar-refractivity contribution in [2.24, 2.45) is 0 Å². The number of halogens is 1. The number of rotatable bonds is 6. The summed E-state index contributed by atoms with van der Waals surface area (Å²) in [6.07, 6.45) is 0.595. The second kappa shape index (κ2) is 6.96. The van der Waals surface area contributed by atoms with Gasteiger partial charge >= 0.3 is 0 Å². The molecule has 3 rings (SSSR count). The molecule has 3 N–H and O–H groups in total. The molecule has 8 nitrogen and oxygen atoms in total. The Morgan fingerprint density at radius 2 is 1.92 bits per heavy atom. The topological polar surface area (TPSA) is 113 Å². The van der Waals surface area contributed by atoms with Crippen LogP contribution >= 0.6 is 0 Å². The third-order valence-corrected chi connectivity index (χ3v) is 3.88. The van der Waals surface area contributed by atoms with E-state index in [-0.39, 0.29) is 35.0 Å². The Balaban J connectivity index is 1.97.